The van der Waals surface area contributed by atoms with Crippen molar-refractivity contribution in [3.8, 4) is 0 Å². The van der Waals surface area contributed by atoms with Gasteiger partial charge in [0, 0.05) is 32.5 Å². The summed E-state index contributed by atoms with van der Waals surface area (Å²) in [4.78, 5) is 4.40. The van der Waals surface area contributed by atoms with Crippen LogP contribution in [0.2, 0.25) is 0 Å². The van der Waals surface area contributed by atoms with Gasteiger partial charge in [-0.1, -0.05) is 6.07 Å². The molecular weight excluding hydrogens is 276 g/mol. The van der Waals surface area contributed by atoms with E-state index >= 15 is 0 Å². The van der Waals surface area contributed by atoms with Crippen molar-refractivity contribution in [1.29, 1.82) is 0 Å². The van der Waals surface area contributed by atoms with Crippen molar-refractivity contribution in [2.75, 3.05) is 0 Å². The van der Waals surface area contributed by atoms with Gasteiger partial charge in [0.15, 0.2) is 0 Å². The number of nitrogens with zero attached hydrogens (tertiary/aromatic N) is 2. The number of hydrogen-bond donors (Lipinski definition) is 2. The second kappa shape index (κ2) is 5.01. The number of nitrogens with one attached hydrogen (secondary N) is 2. The maximum absolute atomic E-state index is 12.3. The third kappa shape index (κ3) is 2.47. The summed E-state index contributed by atoms with van der Waals surface area (Å²) in [5.74, 6) is 0.677. The van der Waals surface area contributed by atoms with E-state index in [-0.39, 0.29) is 6.54 Å². The summed E-state index contributed by atoms with van der Waals surface area (Å²) in [5, 5.41) is 3.20. The first-order valence-electron chi connectivity index (χ1n) is 6.35. The summed E-state index contributed by atoms with van der Waals surface area (Å²) in [6.07, 6.45) is 3.43. The van der Waals surface area contributed by atoms with E-state index in [0.717, 1.165) is 24.2 Å². The molecule has 0 aliphatic carbocycles. The zero-order valence-corrected chi connectivity index (χ0v) is 11.9. The lowest BCUT2D eigenvalue weighted by Crippen LogP contribution is -2.24. The highest BCUT2D eigenvalue weighted by atomic mass is 32.2. The monoisotopic (exact) mass is 292 g/mol. The lowest BCUT2D eigenvalue weighted by Gasteiger charge is -2.08. The van der Waals surface area contributed by atoms with Crippen molar-refractivity contribution in [1.82, 2.24) is 19.6 Å². The van der Waals surface area contributed by atoms with Gasteiger partial charge in [-0.3, -0.25) is 0 Å². The second-order valence-corrected chi connectivity index (χ2v) is 6.58. The Balaban J connectivity index is 1.80. The lowest BCUT2D eigenvalue weighted by molar-refractivity contribution is 0.577. The molecule has 0 saturated heterocycles. The SMILES string of the molecule is Cn1ccnc1CNS(=O)(=O)c1ccc2c(c1)CNC2. The highest BCUT2D eigenvalue weighted by molar-refractivity contribution is 7.89. The minimum absolute atomic E-state index is 0.182. The Morgan fingerprint density at radius 3 is 2.90 bits per heavy atom. The van der Waals surface area contributed by atoms with Crippen LogP contribution in [0.15, 0.2) is 35.5 Å². The number of aromatic nitrogens is 2. The Morgan fingerprint density at radius 2 is 2.15 bits per heavy atom. The molecule has 106 valence electrons. The number of rotatable bonds is 4. The molecule has 0 fully saturated rings. The second-order valence-electron chi connectivity index (χ2n) is 4.81. The molecule has 20 heavy (non-hydrogen) atoms. The predicted octanol–water partition coefficient (Wildman–Crippen LogP) is 0.502. The molecule has 1 aliphatic rings. The smallest absolute Gasteiger partial charge is 0.240 e. The van der Waals surface area contributed by atoms with Crippen LogP contribution >= 0.6 is 0 Å². The van der Waals surface area contributed by atoms with E-state index in [9.17, 15) is 8.42 Å². The molecule has 0 atom stereocenters. The average Bonchev–Trinajstić information content (AvgIpc) is 3.04. The molecule has 0 bridgehead atoms. The number of aryl methyl sites for hydroxylation is 1. The van der Waals surface area contributed by atoms with Crippen LogP contribution in [-0.2, 0) is 36.7 Å². The number of imidazole rings is 1. The van der Waals surface area contributed by atoms with Crippen molar-refractivity contribution in [3.63, 3.8) is 0 Å². The van der Waals surface area contributed by atoms with E-state index in [0.29, 0.717) is 10.7 Å². The van der Waals surface area contributed by atoms with Gasteiger partial charge in [0.05, 0.1) is 11.4 Å². The van der Waals surface area contributed by atoms with Crippen LogP contribution in [0, 0.1) is 0 Å². The topological polar surface area (TPSA) is 76.0 Å². The molecule has 0 amide bonds. The van der Waals surface area contributed by atoms with Gasteiger partial charge in [-0.25, -0.2) is 18.1 Å². The lowest BCUT2D eigenvalue weighted by atomic mass is 10.1. The van der Waals surface area contributed by atoms with Gasteiger partial charge in [-0.05, 0) is 23.3 Å². The highest BCUT2D eigenvalue weighted by Crippen LogP contribution is 2.20. The number of hydrogen-bond acceptors (Lipinski definition) is 4. The fraction of sp³-hybridized carbons (Fsp3) is 0.308. The Kier molecular flexibility index (Phi) is 3.33. The van der Waals surface area contributed by atoms with Gasteiger partial charge in [-0.2, -0.15) is 0 Å². The van der Waals surface area contributed by atoms with E-state index in [1.807, 2.05) is 13.1 Å². The molecule has 2 aromatic rings. The van der Waals surface area contributed by atoms with Crippen molar-refractivity contribution in [2.24, 2.45) is 7.05 Å². The Labute approximate surface area is 117 Å². The fourth-order valence-corrected chi connectivity index (χ4v) is 3.28. The summed E-state index contributed by atoms with van der Waals surface area (Å²) in [6.45, 7) is 1.70. The third-order valence-corrected chi connectivity index (χ3v) is 4.86. The van der Waals surface area contributed by atoms with Crippen LogP contribution < -0.4 is 10.0 Å². The average molecular weight is 292 g/mol. The zero-order chi connectivity index (χ0) is 14.2. The fourth-order valence-electron chi connectivity index (χ4n) is 2.25. The minimum atomic E-state index is -3.51. The summed E-state index contributed by atoms with van der Waals surface area (Å²) < 4.78 is 28.9. The summed E-state index contributed by atoms with van der Waals surface area (Å²) in [5.41, 5.74) is 2.21. The summed E-state index contributed by atoms with van der Waals surface area (Å²) in [7, 11) is -1.67. The van der Waals surface area contributed by atoms with Gasteiger partial charge in [-0.15, -0.1) is 0 Å². The number of sulfonamides is 1. The van der Waals surface area contributed by atoms with E-state index in [1.54, 1.807) is 29.1 Å². The molecule has 2 N–H and O–H groups in total. The summed E-state index contributed by atoms with van der Waals surface area (Å²) in [6, 6.07) is 5.24. The minimum Gasteiger partial charge on any atom is -0.337 e. The molecular formula is C13H16N4O2S. The molecule has 3 rings (SSSR count). The molecule has 7 heteroatoms. The number of benzene rings is 1. The zero-order valence-electron chi connectivity index (χ0n) is 11.1. The van der Waals surface area contributed by atoms with Crippen LogP contribution in [0.3, 0.4) is 0 Å². The molecule has 1 aromatic heterocycles. The standard InChI is InChI=1S/C13H16N4O2S/c1-17-5-4-15-13(17)9-16-20(18,19)12-3-2-10-7-14-8-11(10)6-12/h2-6,14,16H,7-9H2,1H3. The molecule has 0 radical (unpaired) electrons. The Hall–Kier alpha value is -1.70. The van der Waals surface area contributed by atoms with Gasteiger partial charge < -0.3 is 9.88 Å². The van der Waals surface area contributed by atoms with Crippen LogP contribution in [-0.4, -0.2) is 18.0 Å². The first-order valence-corrected chi connectivity index (χ1v) is 7.83. The van der Waals surface area contributed by atoms with Gasteiger partial charge in [0.2, 0.25) is 10.0 Å². The van der Waals surface area contributed by atoms with E-state index < -0.39 is 10.0 Å². The number of fused-ring (bicyclic) bond motifs is 1. The largest absolute Gasteiger partial charge is 0.337 e. The first kappa shape index (κ1) is 13.3. The van der Waals surface area contributed by atoms with Crippen molar-refractivity contribution in [3.05, 3.63) is 47.5 Å². The molecule has 0 saturated carbocycles. The quantitative estimate of drug-likeness (QED) is 0.860. The van der Waals surface area contributed by atoms with Crippen molar-refractivity contribution in [2.45, 2.75) is 24.5 Å². The van der Waals surface area contributed by atoms with Crippen molar-refractivity contribution < 1.29 is 8.42 Å². The Morgan fingerprint density at radius 1 is 1.35 bits per heavy atom. The highest BCUT2D eigenvalue weighted by Gasteiger charge is 2.18. The molecule has 6 nitrogen and oxygen atoms in total. The maximum atomic E-state index is 12.3. The first-order chi connectivity index (χ1) is 9.56. The molecule has 2 heterocycles. The Bertz CT molecular complexity index is 737. The summed E-state index contributed by atoms with van der Waals surface area (Å²) >= 11 is 0. The molecule has 0 unspecified atom stereocenters. The van der Waals surface area contributed by atoms with Crippen molar-refractivity contribution >= 4 is 10.0 Å². The predicted molar refractivity (Wildman–Crippen MR) is 74.2 cm³/mol. The van der Waals surface area contributed by atoms with Gasteiger partial charge >= 0.3 is 0 Å². The van der Waals surface area contributed by atoms with Gasteiger partial charge in [0.25, 0.3) is 0 Å². The third-order valence-electron chi connectivity index (χ3n) is 3.46. The molecule has 0 spiro atoms. The van der Waals surface area contributed by atoms with Crippen LogP contribution in [0.5, 0.6) is 0 Å². The molecule has 1 aliphatic heterocycles. The normalized spacial score (nSPS) is 14.4. The van der Waals surface area contributed by atoms with E-state index in [4.69, 9.17) is 0 Å². The molecule has 1 aromatic carbocycles. The van der Waals surface area contributed by atoms with E-state index in [2.05, 4.69) is 15.0 Å². The maximum Gasteiger partial charge on any atom is 0.240 e. The van der Waals surface area contributed by atoms with Gasteiger partial charge in [0.1, 0.15) is 5.82 Å². The van der Waals surface area contributed by atoms with Crippen LogP contribution in [0.4, 0.5) is 0 Å². The van der Waals surface area contributed by atoms with Crippen LogP contribution in [0.1, 0.15) is 17.0 Å². The van der Waals surface area contributed by atoms with E-state index in [1.165, 1.54) is 0 Å². The van der Waals surface area contributed by atoms with Crippen LogP contribution in [0.25, 0.3) is 0 Å².